The fourth-order valence-electron chi connectivity index (χ4n) is 2.99. The Balaban J connectivity index is 1.74. The summed E-state index contributed by atoms with van der Waals surface area (Å²) < 4.78 is 0. The molecule has 0 amide bonds. The summed E-state index contributed by atoms with van der Waals surface area (Å²) in [5.74, 6) is 0.245. The lowest BCUT2D eigenvalue weighted by Crippen LogP contribution is -2.34. The molecule has 21 heavy (non-hydrogen) atoms. The van der Waals surface area contributed by atoms with Crippen LogP contribution in [0.1, 0.15) is 37.5 Å². The monoisotopic (exact) mass is 299 g/mol. The van der Waals surface area contributed by atoms with E-state index >= 15 is 0 Å². The quantitative estimate of drug-likeness (QED) is 0.801. The average Bonchev–Trinajstić information content (AvgIpc) is 2.90. The Morgan fingerprint density at radius 1 is 1.19 bits per heavy atom. The largest absolute Gasteiger partial charge is 0.293 e. The third-order valence-electron chi connectivity index (χ3n) is 4.40. The van der Waals surface area contributed by atoms with Crippen LogP contribution in [-0.4, -0.2) is 23.8 Å². The van der Waals surface area contributed by atoms with Crippen molar-refractivity contribution in [2.24, 2.45) is 0 Å². The van der Waals surface area contributed by atoms with E-state index in [1.165, 1.54) is 21.6 Å². The second-order valence-electron chi connectivity index (χ2n) is 6.00. The van der Waals surface area contributed by atoms with Crippen LogP contribution in [0.3, 0.4) is 0 Å². The summed E-state index contributed by atoms with van der Waals surface area (Å²) in [7, 11) is 0. The van der Waals surface area contributed by atoms with Crippen LogP contribution in [0.5, 0.6) is 0 Å². The van der Waals surface area contributed by atoms with Crippen molar-refractivity contribution in [2.45, 2.75) is 33.7 Å². The molecule has 0 spiro atoms. The molecule has 2 nitrogen and oxygen atoms in total. The number of hydrogen-bond acceptors (Lipinski definition) is 3. The van der Waals surface area contributed by atoms with E-state index in [0.29, 0.717) is 6.54 Å². The molecule has 0 N–H and O–H groups in total. The summed E-state index contributed by atoms with van der Waals surface area (Å²) in [4.78, 5) is 16.4. The Bertz CT molecular complexity index is 687. The number of ketones is 1. The summed E-state index contributed by atoms with van der Waals surface area (Å²) in [5, 5.41) is 2.16. The number of carbonyl (C=O) groups is 1. The Morgan fingerprint density at radius 2 is 1.95 bits per heavy atom. The van der Waals surface area contributed by atoms with Crippen molar-refractivity contribution < 1.29 is 4.79 Å². The van der Waals surface area contributed by atoms with Gasteiger partial charge in [-0.2, -0.15) is 0 Å². The van der Waals surface area contributed by atoms with Crippen LogP contribution in [-0.2, 0) is 13.0 Å². The first-order valence-corrected chi connectivity index (χ1v) is 8.31. The summed E-state index contributed by atoms with van der Waals surface area (Å²) >= 11 is 1.84. The average molecular weight is 299 g/mol. The molecule has 1 aliphatic heterocycles. The van der Waals surface area contributed by atoms with E-state index in [1.807, 2.05) is 24.3 Å². The first kappa shape index (κ1) is 14.5. The van der Waals surface area contributed by atoms with Crippen molar-refractivity contribution in [2.75, 3.05) is 13.1 Å². The number of benzene rings is 1. The molecular formula is C18H21NOS. The highest BCUT2D eigenvalue weighted by molar-refractivity contribution is 7.10. The molecule has 0 atom stereocenters. The fourth-order valence-corrected chi connectivity index (χ4v) is 3.88. The molecular weight excluding hydrogens is 278 g/mol. The Kier molecular flexibility index (Phi) is 3.96. The second-order valence-corrected chi connectivity index (χ2v) is 7.00. The van der Waals surface area contributed by atoms with Gasteiger partial charge in [-0.05, 0) is 67.0 Å². The molecule has 0 fully saturated rings. The zero-order valence-corrected chi connectivity index (χ0v) is 13.7. The third kappa shape index (κ3) is 2.94. The van der Waals surface area contributed by atoms with Gasteiger partial charge in [-0.15, -0.1) is 11.3 Å². The number of fused-ring (bicyclic) bond motifs is 1. The molecule has 0 radical (unpaired) electrons. The lowest BCUT2D eigenvalue weighted by Gasteiger charge is -2.26. The predicted octanol–water partition coefficient (Wildman–Crippen LogP) is 3.91. The SMILES string of the molecule is Cc1cc(C)c(C(=O)CN2CCc3sccc3C2)cc1C. The van der Waals surface area contributed by atoms with Gasteiger partial charge in [0.05, 0.1) is 6.54 Å². The van der Waals surface area contributed by atoms with Gasteiger partial charge in [0.1, 0.15) is 0 Å². The molecule has 2 aromatic rings. The molecule has 1 aromatic carbocycles. The number of Topliss-reactive ketones (excluding diaryl/α,β-unsaturated/α-hetero) is 1. The summed E-state index contributed by atoms with van der Waals surface area (Å²) in [6.45, 7) is 8.63. The molecule has 1 aliphatic rings. The first-order valence-electron chi connectivity index (χ1n) is 7.43. The maximum absolute atomic E-state index is 12.6. The highest BCUT2D eigenvalue weighted by atomic mass is 32.1. The molecule has 3 heteroatoms. The zero-order valence-electron chi connectivity index (χ0n) is 12.9. The summed E-state index contributed by atoms with van der Waals surface area (Å²) in [6.07, 6.45) is 1.08. The van der Waals surface area contributed by atoms with Crippen molar-refractivity contribution in [1.82, 2.24) is 4.90 Å². The number of thiophene rings is 1. The van der Waals surface area contributed by atoms with Crippen LogP contribution in [0.2, 0.25) is 0 Å². The van der Waals surface area contributed by atoms with Crippen LogP contribution < -0.4 is 0 Å². The van der Waals surface area contributed by atoms with E-state index in [0.717, 1.165) is 30.6 Å². The molecule has 0 unspecified atom stereocenters. The molecule has 0 saturated carbocycles. The number of aryl methyl sites for hydroxylation is 3. The topological polar surface area (TPSA) is 20.3 Å². The summed E-state index contributed by atoms with van der Waals surface area (Å²) in [5.41, 5.74) is 5.83. The van der Waals surface area contributed by atoms with Crippen LogP contribution in [0, 0.1) is 20.8 Å². The van der Waals surface area contributed by atoms with E-state index in [9.17, 15) is 4.79 Å². The van der Waals surface area contributed by atoms with Gasteiger partial charge in [-0.25, -0.2) is 0 Å². The highest BCUT2D eigenvalue weighted by Crippen LogP contribution is 2.24. The van der Waals surface area contributed by atoms with Crippen LogP contribution in [0.4, 0.5) is 0 Å². The number of carbonyl (C=O) groups excluding carboxylic acids is 1. The fraction of sp³-hybridized carbons (Fsp3) is 0.389. The van der Waals surface area contributed by atoms with E-state index in [1.54, 1.807) is 0 Å². The van der Waals surface area contributed by atoms with Crippen molar-refractivity contribution in [3.8, 4) is 0 Å². The van der Waals surface area contributed by atoms with Crippen molar-refractivity contribution in [1.29, 1.82) is 0 Å². The minimum Gasteiger partial charge on any atom is -0.293 e. The molecule has 3 rings (SSSR count). The molecule has 0 bridgehead atoms. The number of rotatable bonds is 3. The Hall–Kier alpha value is -1.45. The molecule has 0 aliphatic carbocycles. The second kappa shape index (κ2) is 5.74. The Morgan fingerprint density at radius 3 is 2.76 bits per heavy atom. The minimum absolute atomic E-state index is 0.245. The molecule has 110 valence electrons. The smallest absolute Gasteiger partial charge is 0.177 e. The van der Waals surface area contributed by atoms with Crippen molar-refractivity contribution in [3.05, 3.63) is 56.3 Å². The van der Waals surface area contributed by atoms with Gasteiger partial charge in [0.2, 0.25) is 0 Å². The lowest BCUT2D eigenvalue weighted by molar-refractivity contribution is 0.0921. The highest BCUT2D eigenvalue weighted by Gasteiger charge is 2.20. The summed E-state index contributed by atoms with van der Waals surface area (Å²) in [6, 6.07) is 6.36. The molecule has 1 aromatic heterocycles. The third-order valence-corrected chi connectivity index (χ3v) is 5.42. The maximum Gasteiger partial charge on any atom is 0.177 e. The van der Waals surface area contributed by atoms with Gasteiger partial charge in [-0.1, -0.05) is 6.07 Å². The minimum atomic E-state index is 0.245. The van der Waals surface area contributed by atoms with Crippen LogP contribution in [0.15, 0.2) is 23.6 Å². The van der Waals surface area contributed by atoms with Gasteiger partial charge in [0, 0.05) is 23.5 Å². The van der Waals surface area contributed by atoms with Gasteiger partial charge in [0.25, 0.3) is 0 Å². The zero-order chi connectivity index (χ0) is 15.0. The number of hydrogen-bond donors (Lipinski definition) is 0. The van der Waals surface area contributed by atoms with E-state index < -0.39 is 0 Å². The van der Waals surface area contributed by atoms with Gasteiger partial charge in [-0.3, -0.25) is 9.69 Å². The van der Waals surface area contributed by atoms with Crippen molar-refractivity contribution in [3.63, 3.8) is 0 Å². The van der Waals surface area contributed by atoms with Gasteiger partial charge >= 0.3 is 0 Å². The molecule has 0 saturated heterocycles. The first-order chi connectivity index (χ1) is 10.0. The molecule has 2 heterocycles. The standard InChI is InChI=1S/C18H21NOS/c1-12-8-14(3)16(9-13(12)2)17(20)11-19-6-4-18-15(10-19)5-7-21-18/h5,7-9H,4,6,10-11H2,1-3H3. The lowest BCUT2D eigenvalue weighted by atomic mass is 9.97. The van der Waals surface area contributed by atoms with E-state index in [2.05, 4.69) is 36.3 Å². The normalized spacial score (nSPS) is 15.0. The van der Waals surface area contributed by atoms with Crippen LogP contribution >= 0.6 is 11.3 Å². The van der Waals surface area contributed by atoms with Gasteiger partial charge in [0.15, 0.2) is 5.78 Å². The van der Waals surface area contributed by atoms with E-state index in [4.69, 9.17) is 0 Å². The Labute approximate surface area is 130 Å². The van der Waals surface area contributed by atoms with Gasteiger partial charge < -0.3 is 0 Å². The number of nitrogens with zero attached hydrogens (tertiary/aromatic N) is 1. The maximum atomic E-state index is 12.6. The van der Waals surface area contributed by atoms with E-state index in [-0.39, 0.29) is 5.78 Å². The van der Waals surface area contributed by atoms with Crippen molar-refractivity contribution >= 4 is 17.1 Å². The van der Waals surface area contributed by atoms with Crippen LogP contribution in [0.25, 0.3) is 0 Å². The predicted molar refractivity (Wildman–Crippen MR) is 88.3 cm³/mol.